The molecule has 0 bridgehead atoms. The van der Waals surface area contributed by atoms with Gasteiger partial charge in [-0.05, 0) is 110 Å². The molecule has 2 fully saturated rings. The Labute approximate surface area is 777 Å². The van der Waals surface area contributed by atoms with Gasteiger partial charge in [0.15, 0.2) is 5.78 Å². The number of H-pyrrole nitrogens is 2. The predicted octanol–water partition coefficient (Wildman–Crippen LogP) is -0.679. The molecule has 43 heteroatoms. The number of phenols is 1. The Morgan fingerprint density at radius 3 is 1.86 bits per heavy atom. The lowest BCUT2D eigenvalue weighted by molar-refractivity contribution is -0.149. The Kier molecular flexibility index (Phi) is 40.2. The van der Waals surface area contributed by atoms with Crippen molar-refractivity contribution in [2.75, 3.05) is 65.9 Å². The molecule has 3 aromatic heterocycles. The predicted molar refractivity (Wildman–Crippen MR) is 492 cm³/mol. The number of Topliss-reactive ketones (excluding diaryl/α,β-unsaturated/α-hetero) is 1. The summed E-state index contributed by atoms with van der Waals surface area (Å²) in [6.45, 7) is 6.11. The number of amides is 16. The number of fused-ring (bicyclic) bond motifs is 3. The van der Waals surface area contributed by atoms with Crippen molar-refractivity contribution in [3.63, 3.8) is 0 Å². The first-order chi connectivity index (χ1) is 63.2. The first-order valence-corrected chi connectivity index (χ1v) is 46.3. The number of unbranched alkanes of at least 4 members (excludes halogenated alkanes) is 2. The van der Waals surface area contributed by atoms with E-state index in [1.807, 2.05) is 37.4 Å². The van der Waals surface area contributed by atoms with E-state index in [-0.39, 0.29) is 68.9 Å². The number of ketones is 1. The van der Waals surface area contributed by atoms with Crippen LogP contribution in [-0.4, -0.2) is 306 Å². The van der Waals surface area contributed by atoms with E-state index < -0.39 is 260 Å². The smallest absolute Gasteiger partial charge is 0.303 e. The van der Waals surface area contributed by atoms with Crippen LogP contribution in [0.2, 0.25) is 0 Å². The second-order valence-electron chi connectivity index (χ2n) is 34.1. The number of aromatic nitrogens is 3. The number of carbonyl (C=O) groups excluding carboxylic acids is 17. The summed E-state index contributed by atoms with van der Waals surface area (Å²) >= 11 is 2.16. The molecule has 8 rings (SSSR count). The van der Waals surface area contributed by atoms with Gasteiger partial charge in [0, 0.05) is 119 Å². The number of nitrogens with two attached hydrogens (primary N) is 3. The number of aliphatic carboxylic acids is 1. The zero-order chi connectivity index (χ0) is 97.6. The van der Waals surface area contributed by atoms with Gasteiger partial charge in [-0.2, -0.15) is 0 Å². The van der Waals surface area contributed by atoms with Crippen LogP contribution in [0.3, 0.4) is 0 Å². The van der Waals surface area contributed by atoms with Crippen LogP contribution < -0.4 is 65.1 Å². The number of primary amides is 2. The van der Waals surface area contributed by atoms with E-state index in [1.54, 1.807) is 50.4 Å². The molecule has 0 saturated carbocycles. The summed E-state index contributed by atoms with van der Waals surface area (Å²) in [7, 11) is 5.08. The van der Waals surface area contributed by atoms with E-state index in [0.717, 1.165) is 43.6 Å². The van der Waals surface area contributed by atoms with Gasteiger partial charge < -0.3 is 115 Å². The van der Waals surface area contributed by atoms with Crippen LogP contribution in [0.5, 0.6) is 5.75 Å². The van der Waals surface area contributed by atoms with Crippen LogP contribution in [0, 0.1) is 11.8 Å². The molecule has 2 saturated heterocycles. The van der Waals surface area contributed by atoms with Gasteiger partial charge in [0.25, 0.3) is 0 Å². The number of thiophene rings is 1. The minimum atomic E-state index is -1.84. The topological polar surface area (TPSA) is 615 Å². The van der Waals surface area contributed by atoms with Crippen LogP contribution in [0.15, 0.2) is 96.9 Å². The van der Waals surface area contributed by atoms with Crippen molar-refractivity contribution >= 4 is 150 Å². The van der Waals surface area contributed by atoms with Gasteiger partial charge >= 0.3 is 5.97 Å². The number of aliphatic hydroxyl groups is 1. The number of benzene rings is 3. The number of aromatic amines is 2. The molecule has 0 spiro atoms. The fourth-order valence-corrected chi connectivity index (χ4v) is 17.8. The average molecular weight is 1890 g/mol. The highest BCUT2D eigenvalue weighted by atomic mass is 32.2. The Bertz CT molecular complexity index is 5130. The number of thioether (sulfide) groups is 1. The summed E-state index contributed by atoms with van der Waals surface area (Å²) in [6.07, 6.45) is -0.0927. The van der Waals surface area contributed by atoms with Gasteiger partial charge in [-0.3, -0.25) is 86.3 Å². The number of carboxylic acids is 1. The molecular formula is C90H124N20O21S2. The third kappa shape index (κ3) is 30.6. The Morgan fingerprint density at radius 1 is 0.594 bits per heavy atom. The Hall–Kier alpha value is -12.9. The SMILES string of the molecule is CCCC[C@H]1C(=O)N(C)[C@@H](CCCC)C(=O)N[C@@H](CC(C)C)C(=O)N[C@H](C(=O)NCC(N)=O)CSCC(=O)N[C@@H](Cc2ccc(O)cc2)C(=O)N(C)[C@@H](C)C(=O)N[C@@H](CC(N)=O)C(=O)N(C)CC(=O)N[C@@H](Cc2cnc[nH]2)C(=O)N[C@@H](CCC(=O)O)C(=O)N2C[C@H](O)C[C@H]2C(=O)C[C@@H](Cc2c[nH]c3ccccc23)C(=O)N[C@@H](CCN)C(=O)N[C@@H](Cc2csc3ccccc23)C(=O)N1C. The number of nitrogens with zero attached hydrogens (tertiary/aromatic N) is 6. The maximum absolute atomic E-state index is 15.8. The van der Waals surface area contributed by atoms with E-state index in [2.05, 4.69) is 62.8 Å². The number of carbonyl (C=O) groups is 18. The van der Waals surface area contributed by atoms with E-state index in [1.165, 1.54) is 86.0 Å². The molecule has 20 N–H and O–H groups in total. The van der Waals surface area contributed by atoms with E-state index in [9.17, 15) is 68.1 Å². The number of aliphatic hydroxyl groups excluding tert-OH is 1. The molecule has 6 aromatic rings. The van der Waals surface area contributed by atoms with Crippen molar-refractivity contribution < 1.29 is 102 Å². The Morgan fingerprint density at radius 2 is 1.20 bits per heavy atom. The molecule has 2 aliphatic heterocycles. The highest BCUT2D eigenvalue weighted by Crippen LogP contribution is 2.31. The van der Waals surface area contributed by atoms with Crippen LogP contribution >= 0.6 is 23.1 Å². The molecule has 2 aliphatic rings. The van der Waals surface area contributed by atoms with Gasteiger partial charge in [-0.1, -0.05) is 102 Å². The molecule has 16 amide bonds. The number of imidazole rings is 1. The van der Waals surface area contributed by atoms with Crippen molar-refractivity contribution in [1.82, 2.24) is 87.3 Å². The summed E-state index contributed by atoms with van der Waals surface area (Å²) in [5, 5.41) is 58.5. The number of carboxylic acid groups (broad SMARTS) is 1. The minimum absolute atomic E-state index is 0.0348. The number of hydrogen-bond acceptors (Lipinski definition) is 24. The molecule has 722 valence electrons. The minimum Gasteiger partial charge on any atom is -0.508 e. The maximum Gasteiger partial charge on any atom is 0.303 e. The van der Waals surface area contributed by atoms with Crippen LogP contribution in [0.1, 0.15) is 140 Å². The highest BCUT2D eigenvalue weighted by molar-refractivity contribution is 8.00. The van der Waals surface area contributed by atoms with E-state index in [4.69, 9.17) is 17.2 Å². The van der Waals surface area contributed by atoms with Crippen LogP contribution in [0.25, 0.3) is 21.0 Å². The van der Waals surface area contributed by atoms with Gasteiger partial charge in [0.2, 0.25) is 94.5 Å². The normalized spacial score (nSPS) is 24.1. The molecule has 3 aromatic carbocycles. The summed E-state index contributed by atoms with van der Waals surface area (Å²) in [4.78, 5) is 276. The summed E-state index contributed by atoms with van der Waals surface area (Å²) in [5.74, 6) is -20.2. The van der Waals surface area contributed by atoms with Crippen LogP contribution in [-0.2, 0) is 112 Å². The third-order valence-corrected chi connectivity index (χ3v) is 25.4. The molecule has 0 radical (unpaired) electrons. The van der Waals surface area contributed by atoms with Crippen molar-refractivity contribution in [2.45, 2.75) is 222 Å². The molecule has 0 unspecified atom stereocenters. The lowest BCUT2D eigenvalue weighted by Gasteiger charge is -2.36. The second-order valence-corrected chi connectivity index (χ2v) is 36.0. The number of likely N-dealkylation sites (N-methyl/N-ethyl adjacent to an activating group) is 4. The molecule has 133 heavy (non-hydrogen) atoms. The largest absolute Gasteiger partial charge is 0.508 e. The van der Waals surface area contributed by atoms with Crippen molar-refractivity contribution in [3.8, 4) is 5.75 Å². The molecule has 5 heterocycles. The summed E-state index contributed by atoms with van der Waals surface area (Å²) in [5.41, 5.74) is 19.7. The molecule has 14 atom stereocenters. The van der Waals surface area contributed by atoms with E-state index in [0.29, 0.717) is 53.3 Å². The number of para-hydroxylation sites is 1. The summed E-state index contributed by atoms with van der Waals surface area (Å²) in [6, 6.07) is 1.34. The monoisotopic (exact) mass is 1880 g/mol. The number of rotatable bonds is 26. The van der Waals surface area contributed by atoms with Crippen LogP contribution in [0.4, 0.5) is 0 Å². The first kappa shape index (κ1) is 105. The quantitative estimate of drug-likeness (QED) is 0.0320. The standard InChI is InChI=1S/C90H124N20O21S2/c1-10-12-21-69-85(126)102-63(32-49(3)4)83(124)105-68(81(122)96-42-75(93)115)46-132-47-77(117)99-65(33-51-24-26-56(111)27-25-51)87(128)107(7)50(5)79(120)103-67(39-74(92)114)86(127)106(6)44-76(116)98-64(37-55-41-94-48-97-55)84(125)101-62(28-29-78(118)119)89(130)110-43-57(112)38-71(110)72(113)36-52(34-53-40-95-60-20-16-14-18-58(53)60)80(121)100-61(30-31-91)82(123)104-66(35-54-45-133-73-23-17-15-19-59(54)73)88(129)109(9)70(22-13-11-2)90(131)108(69)8/h14-20,23-27,40-41,45,48-50,52,57,61-71,95,111-112H,10-13,21-22,28-39,42-44,46-47,91H2,1-9H3,(H2,92,114)(H2,93,115)(H,94,97)(H,96,122)(H,98,116)(H,99,117)(H,100,121)(H,101,125)(H,102,126)(H,103,120)(H,104,123)(H,105,124)(H,118,119)/t50-,52+,57+,61-,62-,63-,64-,65-,66-,67-,68-,69-,70-,71-/m0/s1. The second kappa shape index (κ2) is 50.6. The van der Waals surface area contributed by atoms with E-state index >= 15 is 33.6 Å². The number of nitrogens with one attached hydrogen (secondary N) is 11. The van der Waals surface area contributed by atoms with Crippen molar-refractivity contribution in [3.05, 3.63) is 119 Å². The van der Waals surface area contributed by atoms with Gasteiger partial charge in [0.1, 0.15) is 72.2 Å². The zero-order valence-corrected chi connectivity index (χ0v) is 77.7. The lowest BCUT2D eigenvalue weighted by Crippen LogP contribution is -2.60. The Balaban J connectivity index is 1.20. The first-order valence-electron chi connectivity index (χ1n) is 44.3. The average Bonchev–Trinajstić information content (AvgIpc) is 1.60. The number of phenolic OH excluding ortho intramolecular Hbond substituents is 1. The van der Waals surface area contributed by atoms with Gasteiger partial charge in [-0.15, -0.1) is 23.1 Å². The third-order valence-electron chi connectivity index (χ3n) is 23.4. The highest BCUT2D eigenvalue weighted by Gasteiger charge is 2.46. The van der Waals surface area contributed by atoms with Gasteiger partial charge in [-0.25, -0.2) is 4.98 Å². The maximum atomic E-state index is 15.8. The number of hydrogen-bond donors (Lipinski definition) is 17. The zero-order valence-electron chi connectivity index (χ0n) is 76.1. The summed E-state index contributed by atoms with van der Waals surface area (Å²) < 4.78 is 0.836. The fraction of sp³-hybridized carbons (Fsp3) is 0.522. The van der Waals surface area contributed by atoms with Crippen molar-refractivity contribution in [2.24, 2.45) is 29.0 Å². The number of aromatic hydroxyl groups is 1. The molecular weight excluding hydrogens is 1760 g/mol. The van der Waals surface area contributed by atoms with Crippen molar-refractivity contribution in [1.29, 1.82) is 0 Å². The lowest BCUT2D eigenvalue weighted by atomic mass is 9.90. The fourth-order valence-electron chi connectivity index (χ4n) is 16.0. The van der Waals surface area contributed by atoms with Gasteiger partial charge in [0.05, 0.1) is 43.7 Å². The molecule has 41 nitrogen and oxygen atoms in total. The molecule has 0 aliphatic carbocycles.